The molecule has 0 aliphatic heterocycles. The van der Waals surface area contributed by atoms with Crippen LogP contribution in [0.15, 0.2) is 24.5 Å². The predicted octanol–water partition coefficient (Wildman–Crippen LogP) is 2.93. The molecule has 0 aliphatic carbocycles. The zero-order valence-corrected chi connectivity index (χ0v) is 13.1. The minimum Gasteiger partial charge on any atom is -0.312 e. The minimum absolute atomic E-state index is 0.205. The van der Waals surface area contributed by atoms with Crippen molar-refractivity contribution in [1.29, 1.82) is 0 Å². The van der Waals surface area contributed by atoms with Gasteiger partial charge in [0.25, 0.3) is 0 Å². The van der Waals surface area contributed by atoms with E-state index in [4.69, 9.17) is 0 Å². The van der Waals surface area contributed by atoms with Gasteiger partial charge in [-0.1, -0.05) is 13.8 Å². The fraction of sp³-hybridized carbons (Fsp3) is 0.688. The van der Waals surface area contributed by atoms with Crippen LogP contribution >= 0.6 is 0 Å². The maximum Gasteiger partial charge on any atom is 0.0271 e. The van der Waals surface area contributed by atoms with Crippen LogP contribution in [0.5, 0.6) is 0 Å². The van der Waals surface area contributed by atoms with Crippen LogP contribution in [0, 0.1) is 5.92 Å². The molecule has 1 rings (SSSR count). The van der Waals surface area contributed by atoms with E-state index in [0.29, 0.717) is 5.92 Å². The quantitative estimate of drug-likeness (QED) is 0.820. The third kappa shape index (κ3) is 7.28. The number of nitrogens with zero attached hydrogens (tertiary/aromatic N) is 2. The van der Waals surface area contributed by atoms with E-state index < -0.39 is 0 Å². The van der Waals surface area contributed by atoms with Gasteiger partial charge >= 0.3 is 0 Å². The predicted molar refractivity (Wildman–Crippen MR) is 82.1 cm³/mol. The second kappa shape index (κ2) is 7.61. The van der Waals surface area contributed by atoms with E-state index in [2.05, 4.69) is 62.0 Å². The van der Waals surface area contributed by atoms with Gasteiger partial charge in [-0.2, -0.15) is 0 Å². The van der Waals surface area contributed by atoms with Crippen molar-refractivity contribution in [1.82, 2.24) is 15.2 Å². The van der Waals surface area contributed by atoms with Crippen LogP contribution in [-0.2, 0) is 6.54 Å². The second-order valence-electron chi connectivity index (χ2n) is 6.42. The molecule has 0 spiro atoms. The number of pyridine rings is 1. The summed E-state index contributed by atoms with van der Waals surface area (Å²) in [5.74, 6) is 0.654. The normalized spacial score (nSPS) is 13.8. The van der Waals surface area contributed by atoms with Gasteiger partial charge in [-0.25, -0.2) is 0 Å². The molecular weight excluding hydrogens is 234 g/mol. The summed E-state index contributed by atoms with van der Waals surface area (Å²) in [5, 5.41) is 3.58. The van der Waals surface area contributed by atoms with Gasteiger partial charge in [-0.05, 0) is 57.5 Å². The molecule has 0 aromatic carbocycles. The summed E-state index contributed by atoms with van der Waals surface area (Å²) in [6.07, 6.45) is 3.74. The van der Waals surface area contributed by atoms with E-state index in [1.807, 2.05) is 12.4 Å². The number of aromatic nitrogens is 1. The van der Waals surface area contributed by atoms with E-state index in [-0.39, 0.29) is 5.54 Å². The Bertz CT molecular complexity index is 343. The minimum atomic E-state index is 0.205. The van der Waals surface area contributed by atoms with Crippen molar-refractivity contribution < 1.29 is 0 Å². The number of nitrogens with one attached hydrogen (secondary N) is 1. The van der Waals surface area contributed by atoms with Crippen molar-refractivity contribution in [3.8, 4) is 0 Å². The van der Waals surface area contributed by atoms with Gasteiger partial charge in [0.15, 0.2) is 0 Å². The smallest absolute Gasteiger partial charge is 0.0271 e. The molecule has 0 fully saturated rings. The number of hydrogen-bond acceptors (Lipinski definition) is 3. The average Bonchev–Trinajstić information content (AvgIpc) is 2.36. The van der Waals surface area contributed by atoms with Crippen LogP contribution in [0.2, 0.25) is 0 Å². The molecule has 1 N–H and O–H groups in total. The monoisotopic (exact) mass is 263 g/mol. The summed E-state index contributed by atoms with van der Waals surface area (Å²) >= 11 is 0. The van der Waals surface area contributed by atoms with Crippen molar-refractivity contribution >= 4 is 0 Å². The van der Waals surface area contributed by atoms with Crippen LogP contribution in [0.3, 0.4) is 0 Å². The van der Waals surface area contributed by atoms with E-state index in [0.717, 1.165) is 26.2 Å². The van der Waals surface area contributed by atoms with E-state index in [1.54, 1.807) is 0 Å². The third-order valence-electron chi connectivity index (χ3n) is 3.15. The lowest BCUT2D eigenvalue weighted by Crippen LogP contribution is -2.41. The molecule has 1 atom stereocenters. The third-order valence-corrected chi connectivity index (χ3v) is 3.15. The summed E-state index contributed by atoms with van der Waals surface area (Å²) in [7, 11) is 0. The molecule has 0 saturated carbocycles. The highest BCUT2D eigenvalue weighted by Crippen LogP contribution is 2.07. The van der Waals surface area contributed by atoms with Crippen molar-refractivity contribution in [3.05, 3.63) is 30.1 Å². The van der Waals surface area contributed by atoms with Crippen LogP contribution in [0.25, 0.3) is 0 Å². The van der Waals surface area contributed by atoms with Crippen molar-refractivity contribution in [2.45, 2.75) is 46.7 Å². The molecule has 0 amide bonds. The zero-order chi connectivity index (χ0) is 14.3. The first-order valence-electron chi connectivity index (χ1n) is 7.27. The highest BCUT2D eigenvalue weighted by Gasteiger charge is 2.13. The Morgan fingerprint density at radius 3 is 2.42 bits per heavy atom. The standard InChI is InChI=1S/C16H29N3/c1-6-19(13-15-7-9-17-10-8-15)12-14(2)11-18-16(3,4)5/h7-10,14,18H,6,11-13H2,1-5H3. The fourth-order valence-corrected chi connectivity index (χ4v) is 2.04. The molecule has 3 nitrogen and oxygen atoms in total. The Balaban J connectivity index is 2.39. The lowest BCUT2D eigenvalue weighted by atomic mass is 10.1. The lowest BCUT2D eigenvalue weighted by molar-refractivity contribution is 0.230. The van der Waals surface area contributed by atoms with E-state index >= 15 is 0 Å². The first kappa shape index (κ1) is 16.1. The molecular formula is C16H29N3. The van der Waals surface area contributed by atoms with Gasteiger partial charge in [0.05, 0.1) is 0 Å². The molecule has 1 aromatic rings. The average molecular weight is 263 g/mol. The van der Waals surface area contributed by atoms with Gasteiger partial charge in [0.2, 0.25) is 0 Å². The summed E-state index contributed by atoms with van der Waals surface area (Å²) in [5.41, 5.74) is 1.55. The topological polar surface area (TPSA) is 28.2 Å². The summed E-state index contributed by atoms with van der Waals surface area (Å²) in [4.78, 5) is 6.56. The molecule has 3 heteroatoms. The molecule has 0 aliphatic rings. The Morgan fingerprint density at radius 2 is 1.89 bits per heavy atom. The Morgan fingerprint density at radius 1 is 1.26 bits per heavy atom. The summed E-state index contributed by atoms with van der Waals surface area (Å²) in [6.45, 7) is 15.5. The highest BCUT2D eigenvalue weighted by molar-refractivity contribution is 5.09. The second-order valence-corrected chi connectivity index (χ2v) is 6.42. The molecule has 19 heavy (non-hydrogen) atoms. The molecule has 1 heterocycles. The Labute approximate surface area is 118 Å². The summed E-state index contributed by atoms with van der Waals surface area (Å²) < 4.78 is 0. The van der Waals surface area contributed by atoms with Gasteiger partial charge < -0.3 is 5.32 Å². The molecule has 108 valence electrons. The summed E-state index contributed by atoms with van der Waals surface area (Å²) in [6, 6.07) is 4.20. The highest BCUT2D eigenvalue weighted by atomic mass is 15.1. The molecule has 0 saturated heterocycles. The van der Waals surface area contributed by atoms with Gasteiger partial charge in [0.1, 0.15) is 0 Å². The SMILES string of the molecule is CCN(Cc1ccncc1)CC(C)CNC(C)(C)C. The number of rotatable bonds is 7. The largest absolute Gasteiger partial charge is 0.312 e. The van der Waals surface area contributed by atoms with Crippen LogP contribution in [0.1, 0.15) is 40.2 Å². The van der Waals surface area contributed by atoms with E-state index in [9.17, 15) is 0 Å². The molecule has 1 aromatic heterocycles. The van der Waals surface area contributed by atoms with Gasteiger partial charge in [-0.3, -0.25) is 9.88 Å². The fourth-order valence-electron chi connectivity index (χ4n) is 2.04. The van der Waals surface area contributed by atoms with Crippen molar-refractivity contribution in [2.75, 3.05) is 19.6 Å². The Kier molecular flexibility index (Phi) is 6.46. The Hall–Kier alpha value is -0.930. The van der Waals surface area contributed by atoms with Crippen LogP contribution in [-0.4, -0.2) is 35.1 Å². The maximum absolute atomic E-state index is 4.07. The van der Waals surface area contributed by atoms with Crippen LogP contribution in [0.4, 0.5) is 0 Å². The van der Waals surface area contributed by atoms with Gasteiger partial charge in [0, 0.05) is 31.0 Å². The molecule has 1 unspecified atom stereocenters. The first-order chi connectivity index (χ1) is 8.90. The first-order valence-corrected chi connectivity index (χ1v) is 7.27. The maximum atomic E-state index is 4.07. The van der Waals surface area contributed by atoms with Crippen LogP contribution < -0.4 is 5.32 Å². The number of hydrogen-bond donors (Lipinski definition) is 1. The zero-order valence-electron chi connectivity index (χ0n) is 13.1. The molecule has 0 bridgehead atoms. The lowest BCUT2D eigenvalue weighted by Gasteiger charge is -2.27. The van der Waals surface area contributed by atoms with Gasteiger partial charge in [-0.15, -0.1) is 0 Å². The van der Waals surface area contributed by atoms with Crippen molar-refractivity contribution in [2.24, 2.45) is 5.92 Å². The molecule has 0 radical (unpaired) electrons. The van der Waals surface area contributed by atoms with Crippen molar-refractivity contribution in [3.63, 3.8) is 0 Å². The van der Waals surface area contributed by atoms with E-state index in [1.165, 1.54) is 5.56 Å².